The summed E-state index contributed by atoms with van der Waals surface area (Å²) in [6, 6.07) is 11.1. The van der Waals surface area contributed by atoms with Gasteiger partial charge in [-0.2, -0.15) is 0 Å². The van der Waals surface area contributed by atoms with Crippen molar-refractivity contribution in [3.8, 4) is 5.69 Å². The summed E-state index contributed by atoms with van der Waals surface area (Å²) in [5, 5.41) is 0. The number of aromatic nitrogens is 1. The van der Waals surface area contributed by atoms with Crippen LogP contribution in [0.3, 0.4) is 0 Å². The summed E-state index contributed by atoms with van der Waals surface area (Å²) in [4.78, 5) is 2.49. The molecule has 0 amide bonds. The second-order valence-electron chi connectivity index (χ2n) is 7.04. The van der Waals surface area contributed by atoms with Crippen molar-refractivity contribution >= 4 is 28.7 Å². The van der Waals surface area contributed by atoms with Crippen molar-refractivity contribution in [3.05, 3.63) is 68.2 Å². The highest BCUT2D eigenvalue weighted by atomic mass is 127. The molecular formula is C22H25IN2O. The molecule has 0 atom stereocenters. The second-order valence-corrected chi connectivity index (χ2v) is 8.28. The lowest BCUT2D eigenvalue weighted by Crippen LogP contribution is -2.35. The van der Waals surface area contributed by atoms with E-state index in [9.17, 15) is 0 Å². The van der Waals surface area contributed by atoms with Gasteiger partial charge < -0.3 is 14.2 Å². The van der Waals surface area contributed by atoms with Gasteiger partial charge in [0, 0.05) is 39.4 Å². The first-order valence-electron chi connectivity index (χ1n) is 9.32. The molecule has 0 bridgehead atoms. The van der Waals surface area contributed by atoms with Crippen molar-refractivity contribution in [1.82, 2.24) is 9.47 Å². The Morgan fingerprint density at radius 3 is 2.54 bits per heavy atom. The van der Waals surface area contributed by atoms with E-state index in [0.717, 1.165) is 39.1 Å². The summed E-state index contributed by atoms with van der Waals surface area (Å²) in [5.74, 6) is 0. The molecule has 1 aromatic heterocycles. The SMILES string of the molecule is Cc1cc(C=C2CCC=C2N2CCOCC2)c(C)n1-c1ccc(I)cc1. The van der Waals surface area contributed by atoms with Crippen LogP contribution >= 0.6 is 22.6 Å². The van der Waals surface area contributed by atoms with Gasteiger partial charge in [0.15, 0.2) is 0 Å². The molecule has 2 aliphatic rings. The molecule has 136 valence electrons. The van der Waals surface area contributed by atoms with Gasteiger partial charge in [0.2, 0.25) is 0 Å². The summed E-state index contributed by atoms with van der Waals surface area (Å²) < 4.78 is 9.14. The number of hydrogen-bond donors (Lipinski definition) is 0. The van der Waals surface area contributed by atoms with Crippen LogP contribution in [0.5, 0.6) is 0 Å². The summed E-state index contributed by atoms with van der Waals surface area (Å²) in [5.41, 5.74) is 8.05. The third-order valence-electron chi connectivity index (χ3n) is 5.32. The van der Waals surface area contributed by atoms with E-state index >= 15 is 0 Å². The van der Waals surface area contributed by atoms with Crippen molar-refractivity contribution < 1.29 is 4.74 Å². The van der Waals surface area contributed by atoms with Gasteiger partial charge in [0.05, 0.1) is 13.2 Å². The van der Waals surface area contributed by atoms with Crippen LogP contribution in [-0.4, -0.2) is 35.8 Å². The molecule has 0 N–H and O–H groups in total. The minimum Gasteiger partial charge on any atom is -0.378 e. The molecular weight excluding hydrogens is 435 g/mol. The Morgan fingerprint density at radius 1 is 1.08 bits per heavy atom. The van der Waals surface area contributed by atoms with Gasteiger partial charge in [-0.25, -0.2) is 0 Å². The van der Waals surface area contributed by atoms with Gasteiger partial charge in [-0.15, -0.1) is 0 Å². The second kappa shape index (κ2) is 7.61. The van der Waals surface area contributed by atoms with Gasteiger partial charge in [-0.3, -0.25) is 0 Å². The predicted molar refractivity (Wildman–Crippen MR) is 116 cm³/mol. The molecule has 3 nitrogen and oxygen atoms in total. The number of aryl methyl sites for hydroxylation is 1. The van der Waals surface area contributed by atoms with E-state index in [0.29, 0.717) is 0 Å². The van der Waals surface area contributed by atoms with Crippen molar-refractivity contribution in [2.24, 2.45) is 0 Å². The number of halogens is 1. The Morgan fingerprint density at radius 2 is 1.81 bits per heavy atom. The normalized spacial score (nSPS) is 19.3. The molecule has 1 saturated heterocycles. The molecule has 0 spiro atoms. The fourth-order valence-corrected chi connectivity index (χ4v) is 4.37. The molecule has 1 aliphatic heterocycles. The minimum absolute atomic E-state index is 0.839. The first kappa shape index (κ1) is 17.9. The Bertz CT molecular complexity index is 855. The Labute approximate surface area is 169 Å². The number of nitrogens with zero attached hydrogens (tertiary/aromatic N) is 2. The van der Waals surface area contributed by atoms with Crippen LogP contribution in [-0.2, 0) is 4.74 Å². The lowest BCUT2D eigenvalue weighted by molar-refractivity contribution is 0.0550. The van der Waals surface area contributed by atoms with E-state index in [4.69, 9.17) is 4.74 Å². The quantitative estimate of drug-likeness (QED) is 0.594. The molecule has 4 heteroatoms. The maximum Gasteiger partial charge on any atom is 0.0642 e. The molecule has 4 rings (SSSR count). The zero-order valence-corrected chi connectivity index (χ0v) is 17.6. The molecule has 2 heterocycles. The summed E-state index contributed by atoms with van der Waals surface area (Å²) >= 11 is 2.36. The van der Waals surface area contributed by atoms with Gasteiger partial charge >= 0.3 is 0 Å². The largest absolute Gasteiger partial charge is 0.378 e. The number of benzene rings is 1. The topological polar surface area (TPSA) is 17.4 Å². The van der Waals surface area contributed by atoms with Crippen LogP contribution in [0.2, 0.25) is 0 Å². The third-order valence-corrected chi connectivity index (χ3v) is 6.04. The first-order valence-corrected chi connectivity index (χ1v) is 10.4. The van der Waals surface area contributed by atoms with Crippen molar-refractivity contribution in [2.45, 2.75) is 26.7 Å². The molecule has 1 aromatic carbocycles. The molecule has 0 saturated carbocycles. The summed E-state index contributed by atoms with van der Waals surface area (Å²) in [6.07, 6.45) is 7.09. The van der Waals surface area contributed by atoms with Gasteiger partial charge in [-0.1, -0.05) is 6.08 Å². The lowest BCUT2D eigenvalue weighted by atomic mass is 10.1. The highest BCUT2D eigenvalue weighted by molar-refractivity contribution is 14.1. The standard InChI is InChI=1S/C22H25IN2O/c1-16-14-19(17(2)25(16)21-8-6-20(23)7-9-21)15-18-4-3-5-22(18)24-10-12-26-13-11-24/h5-9,14-15H,3-4,10-13H2,1-2H3. The van der Waals surface area contributed by atoms with E-state index in [1.165, 1.54) is 37.5 Å². The predicted octanol–water partition coefficient (Wildman–Crippen LogP) is 5.09. The van der Waals surface area contributed by atoms with Crippen LogP contribution < -0.4 is 0 Å². The van der Waals surface area contributed by atoms with E-state index in [1.54, 1.807) is 0 Å². The minimum atomic E-state index is 0.839. The molecule has 1 fully saturated rings. The first-order chi connectivity index (χ1) is 12.6. The van der Waals surface area contributed by atoms with Crippen LogP contribution in [0.4, 0.5) is 0 Å². The molecule has 26 heavy (non-hydrogen) atoms. The third kappa shape index (κ3) is 3.49. The van der Waals surface area contributed by atoms with Gasteiger partial charge in [0.1, 0.15) is 0 Å². The van der Waals surface area contributed by atoms with Crippen molar-refractivity contribution in [3.63, 3.8) is 0 Å². The summed E-state index contributed by atoms with van der Waals surface area (Å²) in [7, 11) is 0. The molecule has 2 aromatic rings. The van der Waals surface area contributed by atoms with Crippen LogP contribution in [0.1, 0.15) is 29.8 Å². The van der Waals surface area contributed by atoms with Gasteiger partial charge in [0.25, 0.3) is 0 Å². The van der Waals surface area contributed by atoms with E-state index in [-0.39, 0.29) is 0 Å². The number of allylic oxidation sites excluding steroid dienone is 2. The average molecular weight is 460 g/mol. The average Bonchev–Trinajstić information content (AvgIpc) is 3.22. The maximum absolute atomic E-state index is 5.52. The number of ether oxygens (including phenoxy) is 1. The molecule has 0 radical (unpaired) electrons. The van der Waals surface area contributed by atoms with Crippen molar-refractivity contribution in [1.29, 1.82) is 0 Å². The number of hydrogen-bond acceptors (Lipinski definition) is 2. The number of morpholine rings is 1. The zero-order chi connectivity index (χ0) is 18.1. The molecule has 1 aliphatic carbocycles. The van der Waals surface area contributed by atoms with Crippen LogP contribution in [0.15, 0.2) is 47.7 Å². The van der Waals surface area contributed by atoms with Crippen molar-refractivity contribution in [2.75, 3.05) is 26.3 Å². The van der Waals surface area contributed by atoms with E-state index < -0.39 is 0 Å². The van der Waals surface area contributed by atoms with Crippen LogP contribution in [0, 0.1) is 17.4 Å². The fraction of sp³-hybridized carbons (Fsp3) is 0.364. The number of rotatable bonds is 3. The van der Waals surface area contributed by atoms with Gasteiger partial charge in [-0.05, 0) is 96.8 Å². The maximum atomic E-state index is 5.52. The Kier molecular flexibility index (Phi) is 5.23. The zero-order valence-electron chi connectivity index (χ0n) is 15.5. The highest BCUT2D eigenvalue weighted by Gasteiger charge is 2.21. The molecule has 0 unspecified atom stereocenters. The van der Waals surface area contributed by atoms with E-state index in [1.807, 2.05) is 0 Å². The smallest absolute Gasteiger partial charge is 0.0642 e. The van der Waals surface area contributed by atoms with Crippen LogP contribution in [0.25, 0.3) is 11.8 Å². The lowest BCUT2D eigenvalue weighted by Gasteiger charge is -2.30. The highest BCUT2D eigenvalue weighted by Crippen LogP contribution is 2.32. The fourth-order valence-electron chi connectivity index (χ4n) is 4.02. The summed E-state index contributed by atoms with van der Waals surface area (Å²) in [6.45, 7) is 8.11. The Balaban J connectivity index is 1.66. The monoisotopic (exact) mass is 460 g/mol. The Hall–Kier alpha value is -1.53. The van der Waals surface area contributed by atoms with E-state index in [2.05, 4.69) is 88.4 Å².